The van der Waals surface area contributed by atoms with Crippen LogP contribution in [0.5, 0.6) is 0 Å². The molecule has 7 heteroatoms. The minimum absolute atomic E-state index is 0.0568. The van der Waals surface area contributed by atoms with Crippen LogP contribution in [0.1, 0.15) is 36.5 Å². The minimum atomic E-state index is -1.20. The van der Waals surface area contributed by atoms with Gasteiger partial charge in [0.15, 0.2) is 0 Å². The van der Waals surface area contributed by atoms with Crippen LogP contribution in [0.25, 0.3) is 0 Å². The molecule has 1 N–H and O–H groups in total. The summed E-state index contributed by atoms with van der Waals surface area (Å²) in [6.07, 6.45) is 4.81. The van der Waals surface area contributed by atoms with Crippen molar-refractivity contribution in [3.63, 3.8) is 0 Å². The van der Waals surface area contributed by atoms with Crippen LogP contribution in [0, 0.1) is 23.0 Å². The third-order valence-electron chi connectivity index (χ3n) is 4.74. The van der Waals surface area contributed by atoms with Crippen molar-refractivity contribution in [1.29, 1.82) is 0 Å². The van der Waals surface area contributed by atoms with E-state index < -0.39 is 22.9 Å². The van der Waals surface area contributed by atoms with E-state index in [0.717, 1.165) is 12.8 Å². The van der Waals surface area contributed by atoms with Gasteiger partial charge < -0.3 is 10.1 Å². The molecule has 0 aliphatic heterocycles. The second kappa shape index (κ2) is 9.14. The molecule has 2 aromatic rings. The third kappa shape index (κ3) is 5.28. The number of carbonyl (C=O) groups is 2. The van der Waals surface area contributed by atoms with Crippen LogP contribution in [0.15, 0.2) is 60.7 Å². The first-order valence-electron chi connectivity index (χ1n) is 9.41. The molecule has 0 spiro atoms. The molecule has 3 rings (SSSR count). The molecule has 150 valence electrons. The molecule has 2 aromatic carbocycles. The van der Waals surface area contributed by atoms with Gasteiger partial charge in [0.1, 0.15) is 5.69 Å². The Bertz CT molecular complexity index is 939. The van der Waals surface area contributed by atoms with E-state index in [9.17, 15) is 19.7 Å². The summed E-state index contributed by atoms with van der Waals surface area (Å²) in [5, 5.41) is 13.9. The Labute approximate surface area is 168 Å². The highest BCUT2D eigenvalue weighted by Crippen LogP contribution is 2.28. The predicted molar refractivity (Wildman–Crippen MR) is 108 cm³/mol. The standard InChI is InChI=1S/C22H22N2O5/c1-15-11-12-18(19(13-15)24(27)28)23-22(26)21(17-9-3-2-4-10-17)29-20(25)14-16-7-5-6-8-16/h2-5,7,9-13,16,21H,6,8,14H2,1H3,(H,23,26)/t16-,21-/m0/s1. The van der Waals surface area contributed by atoms with Gasteiger partial charge in [-0.2, -0.15) is 0 Å². The van der Waals surface area contributed by atoms with E-state index in [2.05, 4.69) is 5.32 Å². The molecule has 2 atom stereocenters. The van der Waals surface area contributed by atoms with Crippen molar-refractivity contribution in [1.82, 2.24) is 0 Å². The summed E-state index contributed by atoms with van der Waals surface area (Å²) in [7, 11) is 0. The number of nitrogens with zero attached hydrogens (tertiary/aromatic N) is 1. The molecule has 0 fully saturated rings. The molecule has 0 saturated carbocycles. The highest BCUT2D eigenvalue weighted by atomic mass is 16.6. The topological polar surface area (TPSA) is 98.5 Å². The number of esters is 1. The van der Waals surface area contributed by atoms with Crippen molar-refractivity contribution < 1.29 is 19.2 Å². The number of anilines is 1. The van der Waals surface area contributed by atoms with Gasteiger partial charge in [-0.3, -0.25) is 19.7 Å². The molecule has 1 aliphatic rings. The molecule has 1 aliphatic carbocycles. The normalized spacial score (nSPS) is 16.2. The molecular formula is C22H22N2O5. The number of nitrogens with one attached hydrogen (secondary N) is 1. The average Bonchev–Trinajstić information content (AvgIpc) is 3.21. The van der Waals surface area contributed by atoms with Crippen LogP contribution in [-0.2, 0) is 14.3 Å². The van der Waals surface area contributed by atoms with E-state index in [0.29, 0.717) is 11.1 Å². The van der Waals surface area contributed by atoms with Crippen LogP contribution in [0.4, 0.5) is 11.4 Å². The molecule has 0 heterocycles. The molecule has 0 aromatic heterocycles. The van der Waals surface area contributed by atoms with E-state index >= 15 is 0 Å². The smallest absolute Gasteiger partial charge is 0.307 e. The van der Waals surface area contributed by atoms with Gasteiger partial charge >= 0.3 is 5.97 Å². The number of benzene rings is 2. The van der Waals surface area contributed by atoms with Gasteiger partial charge in [0.05, 0.1) is 11.3 Å². The first kappa shape index (κ1) is 20.3. The highest BCUT2D eigenvalue weighted by Gasteiger charge is 2.28. The van der Waals surface area contributed by atoms with Gasteiger partial charge in [0.2, 0.25) is 6.10 Å². The summed E-state index contributed by atoms with van der Waals surface area (Å²) in [5.74, 6) is -1.01. The number of aryl methyl sites for hydroxylation is 1. The van der Waals surface area contributed by atoms with E-state index in [1.807, 2.05) is 12.2 Å². The van der Waals surface area contributed by atoms with Crippen molar-refractivity contribution in [2.24, 2.45) is 5.92 Å². The largest absolute Gasteiger partial charge is 0.447 e. The number of carbonyl (C=O) groups excluding carboxylic acids is 2. The van der Waals surface area contributed by atoms with Gasteiger partial charge in [-0.25, -0.2) is 0 Å². The molecule has 29 heavy (non-hydrogen) atoms. The maximum atomic E-state index is 12.9. The Hall–Kier alpha value is -3.48. The Morgan fingerprint density at radius 1 is 1.24 bits per heavy atom. The summed E-state index contributed by atoms with van der Waals surface area (Å²) in [6.45, 7) is 1.73. The molecule has 7 nitrogen and oxygen atoms in total. The monoisotopic (exact) mass is 394 g/mol. The molecule has 0 bridgehead atoms. The fourth-order valence-electron chi connectivity index (χ4n) is 3.26. The zero-order valence-electron chi connectivity index (χ0n) is 16.0. The maximum Gasteiger partial charge on any atom is 0.307 e. The lowest BCUT2D eigenvalue weighted by atomic mass is 10.1. The molecule has 0 saturated heterocycles. The Balaban J connectivity index is 1.80. The lowest BCUT2D eigenvalue weighted by Crippen LogP contribution is -2.26. The number of allylic oxidation sites excluding steroid dienone is 2. The first-order chi connectivity index (χ1) is 13.9. The van der Waals surface area contributed by atoms with Crippen LogP contribution in [0.2, 0.25) is 0 Å². The van der Waals surface area contributed by atoms with E-state index in [-0.39, 0.29) is 23.7 Å². The molecule has 0 radical (unpaired) electrons. The second-order valence-corrected chi connectivity index (χ2v) is 7.02. The highest BCUT2D eigenvalue weighted by molar-refractivity contribution is 5.97. The number of hydrogen-bond acceptors (Lipinski definition) is 5. The predicted octanol–water partition coefficient (Wildman–Crippen LogP) is 4.48. The zero-order valence-corrected chi connectivity index (χ0v) is 16.0. The SMILES string of the molecule is Cc1ccc(NC(=O)[C@@H](OC(=O)C[C@H]2C=CCC2)c2ccccc2)c([N+](=O)[O-])c1. The number of rotatable bonds is 7. The van der Waals surface area contributed by atoms with Crippen LogP contribution in [0.3, 0.4) is 0 Å². The fourth-order valence-corrected chi connectivity index (χ4v) is 3.26. The summed E-state index contributed by atoms with van der Waals surface area (Å²) in [5.41, 5.74) is 1.04. The van der Waals surface area contributed by atoms with Gasteiger partial charge in [-0.1, -0.05) is 48.6 Å². The first-order valence-corrected chi connectivity index (χ1v) is 9.41. The Kier molecular flexibility index (Phi) is 6.39. The molecular weight excluding hydrogens is 372 g/mol. The van der Waals surface area contributed by atoms with E-state index in [4.69, 9.17) is 4.74 Å². The number of nitro benzene ring substituents is 1. The summed E-state index contributed by atoms with van der Waals surface area (Å²) < 4.78 is 5.50. The van der Waals surface area contributed by atoms with E-state index in [1.165, 1.54) is 12.1 Å². The lowest BCUT2D eigenvalue weighted by molar-refractivity contribution is -0.384. The summed E-state index contributed by atoms with van der Waals surface area (Å²) >= 11 is 0. The summed E-state index contributed by atoms with van der Waals surface area (Å²) in [4.78, 5) is 36.1. The summed E-state index contributed by atoms with van der Waals surface area (Å²) in [6, 6.07) is 13.1. The lowest BCUT2D eigenvalue weighted by Gasteiger charge is -2.19. The van der Waals surface area contributed by atoms with Crippen LogP contribution < -0.4 is 5.32 Å². The fraction of sp³-hybridized carbons (Fsp3) is 0.273. The zero-order chi connectivity index (χ0) is 20.8. The molecule has 0 unspecified atom stereocenters. The van der Waals surface area contributed by atoms with Gasteiger partial charge in [-0.15, -0.1) is 0 Å². The second-order valence-electron chi connectivity index (χ2n) is 7.02. The number of ether oxygens (including phenoxy) is 1. The Morgan fingerprint density at radius 2 is 2.00 bits per heavy atom. The van der Waals surface area contributed by atoms with Crippen molar-refractivity contribution in [3.8, 4) is 0 Å². The van der Waals surface area contributed by atoms with Crippen molar-refractivity contribution in [2.75, 3.05) is 5.32 Å². The quantitative estimate of drug-likeness (QED) is 0.323. The average molecular weight is 394 g/mol. The molecule has 1 amide bonds. The van der Waals surface area contributed by atoms with Gasteiger partial charge in [0, 0.05) is 11.6 Å². The number of amides is 1. The van der Waals surface area contributed by atoms with Gasteiger partial charge in [0.25, 0.3) is 11.6 Å². The van der Waals surface area contributed by atoms with Gasteiger partial charge in [-0.05, 0) is 37.3 Å². The van der Waals surface area contributed by atoms with E-state index in [1.54, 1.807) is 43.3 Å². The van der Waals surface area contributed by atoms with Crippen LogP contribution >= 0.6 is 0 Å². The van der Waals surface area contributed by atoms with Crippen LogP contribution in [-0.4, -0.2) is 16.8 Å². The van der Waals surface area contributed by atoms with Crippen molar-refractivity contribution in [3.05, 3.63) is 81.9 Å². The third-order valence-corrected chi connectivity index (χ3v) is 4.74. The Morgan fingerprint density at radius 3 is 2.66 bits per heavy atom. The van der Waals surface area contributed by atoms with Crippen molar-refractivity contribution >= 4 is 23.3 Å². The number of hydrogen-bond donors (Lipinski definition) is 1. The maximum absolute atomic E-state index is 12.9. The minimum Gasteiger partial charge on any atom is -0.447 e. The van der Waals surface area contributed by atoms with Crippen molar-refractivity contribution in [2.45, 2.75) is 32.3 Å². The number of nitro groups is 1.